The van der Waals surface area contributed by atoms with E-state index in [0.29, 0.717) is 12.5 Å². The molecule has 27 heavy (non-hydrogen) atoms. The zero-order valence-electron chi connectivity index (χ0n) is 17.0. The largest absolute Gasteiger partial charge is 0.378 e. The van der Waals surface area contributed by atoms with E-state index in [2.05, 4.69) is 90.0 Å². The average molecular weight is 501 g/mol. The molecule has 1 heterocycles. The Hall–Kier alpha value is -1.35. The highest BCUT2D eigenvalue weighted by Gasteiger charge is 2.06. The molecule has 0 spiro atoms. The van der Waals surface area contributed by atoms with Crippen LogP contribution < -0.4 is 15.5 Å². The number of anilines is 1. The molecule has 0 bridgehead atoms. The standard InChI is InChI=1S/C20H31N5S.HI/c1-6-21-20(23-13-19-24-18(14-26-19)15(2)3)22-12-11-16-7-9-17(10-8-16)25(4)5;/h7-10,14-15H,6,11-13H2,1-5H3,(H2,21,22,23);1H. The predicted molar refractivity (Wildman–Crippen MR) is 129 cm³/mol. The van der Waals surface area contributed by atoms with Crippen molar-refractivity contribution in [3.05, 3.63) is 45.9 Å². The monoisotopic (exact) mass is 501 g/mol. The maximum atomic E-state index is 4.66. The summed E-state index contributed by atoms with van der Waals surface area (Å²) in [6.45, 7) is 8.72. The van der Waals surface area contributed by atoms with Crippen LogP contribution in [0.2, 0.25) is 0 Å². The normalized spacial score (nSPS) is 11.3. The van der Waals surface area contributed by atoms with Gasteiger partial charge in [0.2, 0.25) is 0 Å². The van der Waals surface area contributed by atoms with E-state index < -0.39 is 0 Å². The van der Waals surface area contributed by atoms with Gasteiger partial charge >= 0.3 is 0 Å². The second kappa shape index (κ2) is 12.2. The van der Waals surface area contributed by atoms with E-state index in [4.69, 9.17) is 0 Å². The minimum absolute atomic E-state index is 0. The summed E-state index contributed by atoms with van der Waals surface area (Å²) in [4.78, 5) is 11.4. The number of aromatic nitrogens is 1. The fourth-order valence-electron chi connectivity index (χ4n) is 2.44. The molecule has 0 unspecified atom stereocenters. The van der Waals surface area contributed by atoms with Gasteiger partial charge in [0.15, 0.2) is 5.96 Å². The van der Waals surface area contributed by atoms with Gasteiger partial charge in [-0.3, -0.25) is 0 Å². The van der Waals surface area contributed by atoms with Gasteiger partial charge in [-0.2, -0.15) is 0 Å². The molecule has 2 rings (SSSR count). The molecule has 0 saturated carbocycles. The molecule has 0 saturated heterocycles. The van der Waals surface area contributed by atoms with Crippen LogP contribution in [0.15, 0.2) is 34.6 Å². The smallest absolute Gasteiger partial charge is 0.191 e. The van der Waals surface area contributed by atoms with Gasteiger partial charge in [0.25, 0.3) is 0 Å². The van der Waals surface area contributed by atoms with Crippen LogP contribution in [0.1, 0.15) is 43.0 Å². The third-order valence-corrected chi connectivity index (χ3v) is 4.89. The summed E-state index contributed by atoms with van der Waals surface area (Å²) in [6.07, 6.45) is 0.965. The Labute approximate surface area is 184 Å². The fourth-order valence-corrected chi connectivity index (χ4v) is 3.32. The number of rotatable bonds is 8. The van der Waals surface area contributed by atoms with Crippen LogP contribution in [-0.2, 0) is 13.0 Å². The van der Waals surface area contributed by atoms with Crippen LogP contribution in [0.5, 0.6) is 0 Å². The van der Waals surface area contributed by atoms with Crippen molar-refractivity contribution in [3.63, 3.8) is 0 Å². The highest BCUT2D eigenvalue weighted by atomic mass is 127. The van der Waals surface area contributed by atoms with Crippen LogP contribution in [0.3, 0.4) is 0 Å². The molecule has 5 nitrogen and oxygen atoms in total. The first-order valence-corrected chi connectivity index (χ1v) is 10.1. The molecule has 2 N–H and O–H groups in total. The van der Waals surface area contributed by atoms with E-state index in [-0.39, 0.29) is 24.0 Å². The van der Waals surface area contributed by atoms with Crippen LogP contribution in [0, 0.1) is 0 Å². The van der Waals surface area contributed by atoms with Gasteiger partial charge in [-0.25, -0.2) is 9.98 Å². The van der Waals surface area contributed by atoms with Gasteiger partial charge in [0.1, 0.15) is 5.01 Å². The van der Waals surface area contributed by atoms with Crippen molar-refractivity contribution >= 4 is 47.0 Å². The lowest BCUT2D eigenvalue weighted by Crippen LogP contribution is -2.38. The first-order chi connectivity index (χ1) is 12.5. The number of hydrogen-bond donors (Lipinski definition) is 2. The van der Waals surface area contributed by atoms with E-state index in [1.54, 1.807) is 11.3 Å². The Morgan fingerprint density at radius 2 is 1.89 bits per heavy atom. The highest BCUT2D eigenvalue weighted by molar-refractivity contribution is 14.0. The number of thiazole rings is 1. The molecule has 0 atom stereocenters. The minimum atomic E-state index is 0. The number of guanidine groups is 1. The Morgan fingerprint density at radius 1 is 1.19 bits per heavy atom. The summed E-state index contributed by atoms with van der Waals surface area (Å²) in [5, 5.41) is 9.91. The van der Waals surface area contributed by atoms with Gasteiger partial charge in [0.05, 0.1) is 12.2 Å². The molecule has 150 valence electrons. The molecule has 0 aliphatic carbocycles. The summed E-state index contributed by atoms with van der Waals surface area (Å²) in [5.74, 6) is 1.31. The fraction of sp³-hybridized carbons (Fsp3) is 0.500. The number of nitrogens with one attached hydrogen (secondary N) is 2. The molecule has 0 amide bonds. The van der Waals surface area contributed by atoms with E-state index >= 15 is 0 Å². The van der Waals surface area contributed by atoms with Crippen molar-refractivity contribution in [1.82, 2.24) is 15.6 Å². The van der Waals surface area contributed by atoms with Crippen LogP contribution >= 0.6 is 35.3 Å². The Balaban J connectivity index is 0.00000364. The average Bonchev–Trinajstić information content (AvgIpc) is 3.09. The summed E-state index contributed by atoms with van der Waals surface area (Å²) in [5.41, 5.74) is 3.70. The first kappa shape index (κ1) is 23.7. The number of halogens is 1. The molecule has 0 aliphatic rings. The van der Waals surface area contributed by atoms with Gasteiger partial charge in [0, 0.05) is 38.3 Å². The summed E-state index contributed by atoms with van der Waals surface area (Å²) in [6, 6.07) is 8.68. The highest BCUT2D eigenvalue weighted by Crippen LogP contribution is 2.18. The second-order valence-electron chi connectivity index (χ2n) is 6.75. The lowest BCUT2D eigenvalue weighted by molar-refractivity contribution is 0.793. The molecule has 1 aromatic heterocycles. The summed E-state index contributed by atoms with van der Waals surface area (Å²) in [7, 11) is 4.12. The number of aliphatic imine (C=N–C) groups is 1. The van der Waals surface area contributed by atoms with E-state index in [1.165, 1.54) is 11.3 Å². The van der Waals surface area contributed by atoms with Crippen molar-refractivity contribution in [2.24, 2.45) is 4.99 Å². The summed E-state index contributed by atoms with van der Waals surface area (Å²) < 4.78 is 0. The van der Waals surface area contributed by atoms with Crippen LogP contribution in [0.4, 0.5) is 5.69 Å². The van der Waals surface area contributed by atoms with Gasteiger partial charge in [-0.15, -0.1) is 35.3 Å². The van der Waals surface area contributed by atoms with Gasteiger partial charge < -0.3 is 15.5 Å². The van der Waals surface area contributed by atoms with Crippen molar-refractivity contribution in [1.29, 1.82) is 0 Å². The molecule has 1 aromatic carbocycles. The van der Waals surface area contributed by atoms with Crippen LogP contribution in [0.25, 0.3) is 0 Å². The Bertz CT molecular complexity index is 695. The third-order valence-electron chi connectivity index (χ3n) is 4.04. The van der Waals surface area contributed by atoms with Crippen molar-refractivity contribution in [3.8, 4) is 0 Å². The molecule has 2 aromatic rings. The molecule has 0 fully saturated rings. The predicted octanol–water partition coefficient (Wildman–Crippen LogP) is 4.25. The number of hydrogen-bond acceptors (Lipinski definition) is 4. The molecule has 0 radical (unpaired) electrons. The lowest BCUT2D eigenvalue weighted by Gasteiger charge is -2.13. The Kier molecular flexibility index (Phi) is 10.7. The number of benzene rings is 1. The zero-order valence-corrected chi connectivity index (χ0v) is 20.1. The van der Waals surface area contributed by atoms with Crippen molar-refractivity contribution in [2.45, 2.75) is 39.7 Å². The van der Waals surface area contributed by atoms with Crippen molar-refractivity contribution in [2.75, 3.05) is 32.1 Å². The van der Waals surface area contributed by atoms with Crippen LogP contribution in [-0.4, -0.2) is 38.1 Å². The molecule has 7 heteroatoms. The molecule has 0 aliphatic heterocycles. The van der Waals surface area contributed by atoms with E-state index in [9.17, 15) is 0 Å². The molecular formula is C20H32IN5S. The van der Waals surface area contributed by atoms with Gasteiger partial charge in [-0.1, -0.05) is 26.0 Å². The topological polar surface area (TPSA) is 52.6 Å². The maximum Gasteiger partial charge on any atom is 0.191 e. The second-order valence-corrected chi connectivity index (χ2v) is 7.70. The third kappa shape index (κ3) is 8.04. The van der Waals surface area contributed by atoms with Crippen molar-refractivity contribution < 1.29 is 0 Å². The summed E-state index contributed by atoms with van der Waals surface area (Å²) >= 11 is 1.68. The SMILES string of the molecule is CCNC(=NCc1nc(C(C)C)cs1)NCCc1ccc(N(C)C)cc1.I. The number of nitrogens with zero attached hydrogens (tertiary/aromatic N) is 3. The lowest BCUT2D eigenvalue weighted by atomic mass is 10.1. The quantitative estimate of drug-likeness (QED) is 0.323. The van der Waals surface area contributed by atoms with Gasteiger partial charge in [-0.05, 0) is 37.0 Å². The maximum absolute atomic E-state index is 4.66. The Morgan fingerprint density at radius 3 is 2.44 bits per heavy atom. The van der Waals surface area contributed by atoms with E-state index in [1.807, 2.05) is 0 Å². The zero-order chi connectivity index (χ0) is 18.9. The minimum Gasteiger partial charge on any atom is -0.378 e. The first-order valence-electron chi connectivity index (χ1n) is 9.22. The molecular weight excluding hydrogens is 469 g/mol. The van der Waals surface area contributed by atoms with E-state index in [0.717, 1.165) is 36.2 Å².